The van der Waals surface area contributed by atoms with E-state index < -0.39 is 0 Å². The lowest BCUT2D eigenvalue weighted by Crippen LogP contribution is -2.17. The number of hydrogen-bond acceptors (Lipinski definition) is 4. The molecule has 0 aliphatic heterocycles. The molecule has 0 amide bonds. The quantitative estimate of drug-likeness (QED) is 0.552. The standard InChI is InChI=1S/C21H17ClN4O2/c22-15-3-6-19(23-11-15)28-12-13-7-8-26(20(27)9-13)16-4-5-17-18(10-16)25-21(24-17)14-1-2-14/h3-11,14H,1-2,12H2,(H,24,25). The maximum Gasteiger partial charge on any atom is 0.255 e. The van der Waals surface area contributed by atoms with E-state index >= 15 is 0 Å². The van der Waals surface area contributed by atoms with Crippen LogP contribution in [-0.2, 0) is 6.61 Å². The summed E-state index contributed by atoms with van der Waals surface area (Å²) >= 11 is 5.81. The van der Waals surface area contributed by atoms with Gasteiger partial charge in [-0.05, 0) is 48.7 Å². The van der Waals surface area contributed by atoms with Gasteiger partial charge in [0.2, 0.25) is 5.88 Å². The van der Waals surface area contributed by atoms with E-state index in [0.29, 0.717) is 16.8 Å². The van der Waals surface area contributed by atoms with Gasteiger partial charge >= 0.3 is 0 Å². The van der Waals surface area contributed by atoms with Crippen LogP contribution in [0.15, 0.2) is 59.7 Å². The Labute approximate surface area is 165 Å². The van der Waals surface area contributed by atoms with Gasteiger partial charge in [0.1, 0.15) is 12.4 Å². The van der Waals surface area contributed by atoms with Crippen LogP contribution in [0.25, 0.3) is 16.7 Å². The second kappa shape index (κ2) is 6.80. The molecule has 1 saturated carbocycles. The largest absolute Gasteiger partial charge is 0.473 e. The van der Waals surface area contributed by atoms with Gasteiger partial charge in [-0.2, -0.15) is 0 Å². The first-order valence-electron chi connectivity index (χ1n) is 9.12. The summed E-state index contributed by atoms with van der Waals surface area (Å²) in [6.45, 7) is 0.259. The molecular formula is C21H17ClN4O2. The van der Waals surface area contributed by atoms with Crippen LogP contribution in [0.1, 0.15) is 30.1 Å². The van der Waals surface area contributed by atoms with Gasteiger partial charge in [0.25, 0.3) is 5.56 Å². The molecule has 0 bridgehead atoms. The number of ether oxygens (including phenoxy) is 1. The summed E-state index contributed by atoms with van der Waals surface area (Å²) in [5.41, 5.74) is 3.34. The van der Waals surface area contributed by atoms with Crippen molar-refractivity contribution in [2.24, 2.45) is 0 Å². The number of imidazole rings is 1. The molecule has 7 heteroatoms. The molecule has 5 rings (SSSR count). The van der Waals surface area contributed by atoms with Crippen LogP contribution >= 0.6 is 11.6 Å². The zero-order valence-electron chi connectivity index (χ0n) is 14.9. The number of nitrogens with one attached hydrogen (secondary N) is 1. The smallest absolute Gasteiger partial charge is 0.255 e. The van der Waals surface area contributed by atoms with Crippen molar-refractivity contribution in [2.45, 2.75) is 25.4 Å². The average molecular weight is 393 g/mol. The predicted molar refractivity (Wildman–Crippen MR) is 107 cm³/mol. The Hall–Kier alpha value is -3.12. The molecule has 1 N–H and O–H groups in total. The highest BCUT2D eigenvalue weighted by atomic mass is 35.5. The van der Waals surface area contributed by atoms with Gasteiger partial charge in [-0.1, -0.05) is 11.6 Å². The van der Waals surface area contributed by atoms with Gasteiger partial charge in [-0.15, -0.1) is 0 Å². The molecule has 1 aliphatic carbocycles. The fourth-order valence-electron chi connectivity index (χ4n) is 3.15. The highest BCUT2D eigenvalue weighted by Crippen LogP contribution is 2.39. The van der Waals surface area contributed by atoms with Crippen molar-refractivity contribution in [3.63, 3.8) is 0 Å². The molecule has 1 fully saturated rings. The lowest BCUT2D eigenvalue weighted by molar-refractivity contribution is 0.293. The monoisotopic (exact) mass is 392 g/mol. The number of fused-ring (bicyclic) bond motifs is 1. The van der Waals surface area contributed by atoms with E-state index in [1.54, 1.807) is 29.0 Å². The van der Waals surface area contributed by atoms with E-state index in [1.165, 1.54) is 19.0 Å². The molecule has 1 aromatic carbocycles. The Morgan fingerprint density at radius 3 is 2.82 bits per heavy atom. The van der Waals surface area contributed by atoms with Crippen molar-refractivity contribution in [1.82, 2.24) is 19.5 Å². The second-order valence-corrected chi connectivity index (χ2v) is 7.38. The van der Waals surface area contributed by atoms with E-state index in [-0.39, 0.29) is 12.2 Å². The Morgan fingerprint density at radius 2 is 2.07 bits per heavy atom. The third-order valence-corrected chi connectivity index (χ3v) is 5.02. The molecule has 28 heavy (non-hydrogen) atoms. The van der Waals surface area contributed by atoms with Crippen molar-refractivity contribution >= 4 is 22.6 Å². The molecule has 6 nitrogen and oxygen atoms in total. The number of pyridine rings is 2. The molecular weight excluding hydrogens is 376 g/mol. The van der Waals surface area contributed by atoms with E-state index in [0.717, 1.165) is 28.1 Å². The molecule has 0 atom stereocenters. The van der Waals surface area contributed by atoms with Crippen molar-refractivity contribution in [2.75, 3.05) is 0 Å². The number of halogens is 1. The van der Waals surface area contributed by atoms with Crippen LogP contribution in [0.2, 0.25) is 5.02 Å². The summed E-state index contributed by atoms with van der Waals surface area (Å²) in [4.78, 5) is 24.7. The van der Waals surface area contributed by atoms with Crippen LogP contribution < -0.4 is 10.3 Å². The molecule has 3 aromatic heterocycles. The van der Waals surface area contributed by atoms with Gasteiger partial charge in [-0.3, -0.25) is 9.36 Å². The molecule has 4 aromatic rings. The minimum Gasteiger partial charge on any atom is -0.473 e. The third-order valence-electron chi connectivity index (χ3n) is 4.80. The first-order valence-corrected chi connectivity index (χ1v) is 9.49. The van der Waals surface area contributed by atoms with Gasteiger partial charge in [0.15, 0.2) is 0 Å². The first-order chi connectivity index (χ1) is 13.7. The minimum atomic E-state index is -0.119. The van der Waals surface area contributed by atoms with Crippen LogP contribution in [0, 0.1) is 0 Å². The molecule has 0 unspecified atom stereocenters. The van der Waals surface area contributed by atoms with E-state index in [9.17, 15) is 4.79 Å². The maximum atomic E-state index is 12.6. The lowest BCUT2D eigenvalue weighted by atomic mass is 10.2. The summed E-state index contributed by atoms with van der Waals surface area (Å²) in [5, 5.41) is 0.549. The van der Waals surface area contributed by atoms with Crippen molar-refractivity contribution in [1.29, 1.82) is 0 Å². The number of rotatable bonds is 5. The number of hydrogen-bond donors (Lipinski definition) is 1. The van der Waals surface area contributed by atoms with E-state index in [1.807, 2.05) is 24.3 Å². The van der Waals surface area contributed by atoms with Crippen LogP contribution in [-0.4, -0.2) is 19.5 Å². The fraction of sp³-hybridized carbons (Fsp3) is 0.190. The molecule has 1 aliphatic rings. The second-order valence-electron chi connectivity index (χ2n) is 6.94. The summed E-state index contributed by atoms with van der Waals surface area (Å²) in [6.07, 6.45) is 5.67. The number of aromatic amines is 1. The Balaban J connectivity index is 1.37. The lowest BCUT2D eigenvalue weighted by Gasteiger charge is -2.08. The third kappa shape index (κ3) is 3.39. The number of aromatic nitrogens is 4. The highest BCUT2D eigenvalue weighted by molar-refractivity contribution is 6.30. The molecule has 0 saturated heterocycles. The zero-order chi connectivity index (χ0) is 19.1. The topological polar surface area (TPSA) is 72.8 Å². The van der Waals surface area contributed by atoms with Crippen LogP contribution in [0.3, 0.4) is 0 Å². The maximum absolute atomic E-state index is 12.6. The van der Waals surface area contributed by atoms with Gasteiger partial charge < -0.3 is 9.72 Å². The normalized spacial score (nSPS) is 13.8. The summed E-state index contributed by atoms with van der Waals surface area (Å²) < 4.78 is 7.22. The van der Waals surface area contributed by atoms with Gasteiger partial charge in [-0.25, -0.2) is 9.97 Å². The molecule has 140 valence electrons. The number of benzene rings is 1. The summed E-state index contributed by atoms with van der Waals surface area (Å²) in [6, 6.07) is 12.7. The first kappa shape index (κ1) is 17.0. The Morgan fingerprint density at radius 1 is 1.18 bits per heavy atom. The summed E-state index contributed by atoms with van der Waals surface area (Å²) in [7, 11) is 0. The summed E-state index contributed by atoms with van der Waals surface area (Å²) in [5.74, 6) is 2.07. The van der Waals surface area contributed by atoms with Gasteiger partial charge in [0, 0.05) is 30.4 Å². The van der Waals surface area contributed by atoms with Crippen LogP contribution in [0.5, 0.6) is 5.88 Å². The number of nitrogens with zero attached hydrogens (tertiary/aromatic N) is 3. The Kier molecular flexibility index (Phi) is 4.13. The van der Waals surface area contributed by atoms with Crippen LogP contribution in [0.4, 0.5) is 0 Å². The molecule has 0 spiro atoms. The van der Waals surface area contributed by atoms with Crippen molar-refractivity contribution in [3.05, 3.63) is 81.6 Å². The SMILES string of the molecule is O=c1cc(COc2ccc(Cl)cn2)ccn1-c1ccc2nc(C3CC3)[nH]c2c1. The molecule has 3 heterocycles. The van der Waals surface area contributed by atoms with E-state index in [4.69, 9.17) is 16.3 Å². The minimum absolute atomic E-state index is 0.119. The average Bonchev–Trinajstić information content (AvgIpc) is 3.46. The highest BCUT2D eigenvalue weighted by Gasteiger charge is 2.26. The van der Waals surface area contributed by atoms with Crippen molar-refractivity contribution < 1.29 is 4.74 Å². The van der Waals surface area contributed by atoms with Crippen molar-refractivity contribution in [3.8, 4) is 11.6 Å². The van der Waals surface area contributed by atoms with Gasteiger partial charge in [0.05, 0.1) is 21.7 Å². The predicted octanol–water partition coefficient (Wildman–Crippen LogP) is 4.22. The van der Waals surface area contributed by atoms with E-state index in [2.05, 4.69) is 15.0 Å². The Bertz CT molecular complexity index is 1210. The fourth-order valence-corrected chi connectivity index (χ4v) is 3.26. The zero-order valence-corrected chi connectivity index (χ0v) is 15.7. The molecule has 0 radical (unpaired) electrons. The number of H-pyrrole nitrogens is 1.